The number of halogens is 1. The average Bonchev–Trinajstić information content (AvgIpc) is 2.78. The lowest BCUT2D eigenvalue weighted by Crippen LogP contribution is -2.23. The first-order valence-electron chi connectivity index (χ1n) is 15.0. The number of carbonyl (C=O) groups is 1. The van der Waals surface area contributed by atoms with Gasteiger partial charge in [0.25, 0.3) is 0 Å². The minimum absolute atomic E-state index is 0. The molecular weight excluding hydrogens is 426 g/mol. The summed E-state index contributed by atoms with van der Waals surface area (Å²) in [6.45, 7) is 4.56. The molecule has 1 unspecified atom stereocenters. The van der Waals surface area contributed by atoms with Gasteiger partial charge in [-0.2, -0.15) is 0 Å². The molecule has 33 heavy (non-hydrogen) atoms. The standard InChI is InChI=1S/C30H61NO.ClH/c1-3-5-7-9-11-13-14-15-16-17-18-19-20-22-24-26-28-29(30(31)32)27-25-23-21-12-10-8-6-4-2;/h29H,3-28H2,1-2H3,(H2,31,32);1H. The maximum absolute atomic E-state index is 11.8. The zero-order valence-electron chi connectivity index (χ0n) is 22.9. The molecule has 0 aliphatic carbocycles. The molecule has 2 nitrogen and oxygen atoms in total. The first kappa shape index (κ1) is 34.9. The lowest BCUT2D eigenvalue weighted by Gasteiger charge is -2.13. The van der Waals surface area contributed by atoms with E-state index >= 15 is 0 Å². The first-order valence-corrected chi connectivity index (χ1v) is 15.0. The summed E-state index contributed by atoms with van der Waals surface area (Å²) >= 11 is 0. The van der Waals surface area contributed by atoms with Gasteiger partial charge in [0.15, 0.2) is 0 Å². The minimum atomic E-state index is -0.0612. The largest absolute Gasteiger partial charge is 0.369 e. The van der Waals surface area contributed by atoms with Crippen LogP contribution >= 0.6 is 12.4 Å². The van der Waals surface area contributed by atoms with Crippen LogP contribution in [-0.2, 0) is 4.79 Å². The maximum Gasteiger partial charge on any atom is 0.220 e. The Morgan fingerprint density at radius 2 is 0.667 bits per heavy atom. The predicted molar refractivity (Wildman–Crippen MR) is 151 cm³/mol. The number of rotatable bonds is 27. The van der Waals surface area contributed by atoms with Gasteiger partial charge < -0.3 is 5.73 Å². The third kappa shape index (κ3) is 27.9. The van der Waals surface area contributed by atoms with E-state index < -0.39 is 0 Å². The Bertz CT molecular complexity index is 374. The highest BCUT2D eigenvalue weighted by atomic mass is 35.5. The summed E-state index contributed by atoms with van der Waals surface area (Å²) in [5.41, 5.74) is 5.66. The van der Waals surface area contributed by atoms with E-state index in [1.807, 2.05) is 0 Å². The van der Waals surface area contributed by atoms with Crippen molar-refractivity contribution in [3.8, 4) is 0 Å². The topological polar surface area (TPSA) is 43.1 Å². The molecule has 0 saturated heterocycles. The molecule has 0 heterocycles. The Kier molecular flexibility index (Phi) is 31.5. The third-order valence-corrected chi connectivity index (χ3v) is 7.21. The normalized spacial score (nSPS) is 11.9. The van der Waals surface area contributed by atoms with Crippen molar-refractivity contribution >= 4 is 18.3 Å². The Balaban J connectivity index is 0. The molecule has 0 aromatic carbocycles. The zero-order valence-corrected chi connectivity index (χ0v) is 23.7. The molecule has 0 saturated carbocycles. The van der Waals surface area contributed by atoms with Crippen LogP contribution in [-0.4, -0.2) is 5.91 Å². The van der Waals surface area contributed by atoms with Crippen LogP contribution in [0, 0.1) is 5.92 Å². The number of unbranched alkanes of at least 4 members (excludes halogenated alkanes) is 22. The molecule has 0 rings (SSSR count). The highest BCUT2D eigenvalue weighted by molar-refractivity contribution is 5.85. The summed E-state index contributed by atoms with van der Waals surface area (Å²) in [4.78, 5) is 11.8. The number of hydrogen-bond donors (Lipinski definition) is 1. The third-order valence-electron chi connectivity index (χ3n) is 7.21. The number of carbonyl (C=O) groups excluding carboxylic acids is 1. The van der Waals surface area contributed by atoms with Crippen molar-refractivity contribution in [2.24, 2.45) is 11.7 Å². The molecular formula is C30H62ClNO. The molecule has 0 spiro atoms. The lowest BCUT2D eigenvalue weighted by molar-refractivity contribution is -0.122. The second-order valence-electron chi connectivity index (χ2n) is 10.5. The fourth-order valence-corrected chi connectivity index (χ4v) is 4.89. The van der Waals surface area contributed by atoms with Crippen LogP contribution < -0.4 is 5.73 Å². The van der Waals surface area contributed by atoms with Gasteiger partial charge in [-0.25, -0.2) is 0 Å². The van der Waals surface area contributed by atoms with E-state index in [0.717, 1.165) is 12.8 Å². The van der Waals surface area contributed by atoms with Crippen molar-refractivity contribution in [3.63, 3.8) is 0 Å². The molecule has 1 amide bonds. The van der Waals surface area contributed by atoms with E-state index in [-0.39, 0.29) is 24.2 Å². The Morgan fingerprint density at radius 3 is 0.879 bits per heavy atom. The van der Waals surface area contributed by atoms with E-state index in [1.54, 1.807) is 0 Å². The molecule has 0 bridgehead atoms. The van der Waals surface area contributed by atoms with Crippen LogP contribution in [0.2, 0.25) is 0 Å². The fraction of sp³-hybridized carbons (Fsp3) is 0.967. The summed E-state index contributed by atoms with van der Waals surface area (Å²) in [5, 5.41) is 0. The van der Waals surface area contributed by atoms with Crippen LogP contribution in [0.1, 0.15) is 181 Å². The molecule has 0 aromatic heterocycles. The molecule has 0 radical (unpaired) electrons. The maximum atomic E-state index is 11.8. The van der Waals surface area contributed by atoms with Crippen LogP contribution in [0.4, 0.5) is 0 Å². The van der Waals surface area contributed by atoms with Gasteiger partial charge >= 0.3 is 0 Å². The van der Waals surface area contributed by atoms with Crippen molar-refractivity contribution in [1.82, 2.24) is 0 Å². The van der Waals surface area contributed by atoms with E-state index in [1.165, 1.54) is 154 Å². The van der Waals surface area contributed by atoms with Crippen molar-refractivity contribution < 1.29 is 4.79 Å². The fourth-order valence-electron chi connectivity index (χ4n) is 4.89. The minimum Gasteiger partial charge on any atom is -0.369 e. The Morgan fingerprint density at radius 1 is 0.455 bits per heavy atom. The van der Waals surface area contributed by atoms with E-state index in [4.69, 9.17) is 5.73 Å². The molecule has 200 valence electrons. The number of nitrogens with two attached hydrogens (primary N) is 1. The predicted octanol–water partition coefficient (Wildman–Crippen LogP) is 10.7. The number of amides is 1. The van der Waals surface area contributed by atoms with Gasteiger partial charge in [-0.3, -0.25) is 4.79 Å². The van der Waals surface area contributed by atoms with Crippen LogP contribution in [0.3, 0.4) is 0 Å². The summed E-state index contributed by atoms with van der Waals surface area (Å²) in [6.07, 6.45) is 35.0. The second-order valence-corrected chi connectivity index (χ2v) is 10.5. The molecule has 3 heteroatoms. The monoisotopic (exact) mass is 487 g/mol. The molecule has 0 fully saturated rings. The molecule has 0 aliphatic heterocycles. The lowest BCUT2D eigenvalue weighted by atomic mass is 9.93. The highest BCUT2D eigenvalue weighted by Gasteiger charge is 2.14. The second kappa shape index (κ2) is 29.8. The van der Waals surface area contributed by atoms with Gasteiger partial charge in [-0.1, -0.05) is 168 Å². The summed E-state index contributed by atoms with van der Waals surface area (Å²) in [7, 11) is 0. The Hall–Kier alpha value is -0.240. The number of primary amides is 1. The highest BCUT2D eigenvalue weighted by Crippen LogP contribution is 2.20. The molecule has 0 aliphatic rings. The van der Waals surface area contributed by atoms with Gasteiger partial charge in [-0.05, 0) is 12.8 Å². The van der Waals surface area contributed by atoms with Gasteiger partial charge in [0.05, 0.1) is 0 Å². The van der Waals surface area contributed by atoms with Crippen molar-refractivity contribution in [3.05, 3.63) is 0 Å². The SMILES string of the molecule is CCCCCCCCCCCCCCCCCCC(CCCCCCCCCC)C(N)=O.Cl. The first-order chi connectivity index (χ1) is 15.7. The molecule has 1 atom stereocenters. The van der Waals surface area contributed by atoms with Crippen molar-refractivity contribution in [1.29, 1.82) is 0 Å². The summed E-state index contributed by atoms with van der Waals surface area (Å²) < 4.78 is 0. The summed E-state index contributed by atoms with van der Waals surface area (Å²) in [5.74, 6) is 0.0654. The summed E-state index contributed by atoms with van der Waals surface area (Å²) in [6, 6.07) is 0. The molecule has 0 aromatic rings. The Labute approximate surface area is 215 Å². The van der Waals surface area contributed by atoms with E-state index in [0.29, 0.717) is 0 Å². The molecule has 2 N–H and O–H groups in total. The van der Waals surface area contributed by atoms with Crippen LogP contribution in [0.25, 0.3) is 0 Å². The number of hydrogen-bond acceptors (Lipinski definition) is 1. The van der Waals surface area contributed by atoms with Gasteiger partial charge in [-0.15, -0.1) is 12.4 Å². The van der Waals surface area contributed by atoms with Crippen molar-refractivity contribution in [2.75, 3.05) is 0 Å². The van der Waals surface area contributed by atoms with E-state index in [9.17, 15) is 4.79 Å². The zero-order chi connectivity index (χ0) is 23.5. The van der Waals surface area contributed by atoms with Gasteiger partial charge in [0.2, 0.25) is 5.91 Å². The van der Waals surface area contributed by atoms with Gasteiger partial charge in [0.1, 0.15) is 0 Å². The van der Waals surface area contributed by atoms with Crippen LogP contribution in [0.5, 0.6) is 0 Å². The van der Waals surface area contributed by atoms with Crippen LogP contribution in [0.15, 0.2) is 0 Å². The quantitative estimate of drug-likeness (QED) is 0.115. The average molecular weight is 488 g/mol. The van der Waals surface area contributed by atoms with Gasteiger partial charge in [0, 0.05) is 5.92 Å². The van der Waals surface area contributed by atoms with E-state index in [2.05, 4.69) is 13.8 Å². The van der Waals surface area contributed by atoms with Crippen molar-refractivity contribution in [2.45, 2.75) is 181 Å². The smallest absolute Gasteiger partial charge is 0.220 e.